The molecule has 0 atom stereocenters. The van der Waals surface area contributed by atoms with E-state index in [1.807, 2.05) is 24.3 Å². The molecule has 0 spiro atoms. The molecule has 17 heavy (non-hydrogen) atoms. The second kappa shape index (κ2) is 5.89. The van der Waals surface area contributed by atoms with Gasteiger partial charge in [-0.2, -0.15) is 0 Å². The Balaban J connectivity index is 2.04. The van der Waals surface area contributed by atoms with Gasteiger partial charge in [0.25, 0.3) is 0 Å². The van der Waals surface area contributed by atoms with E-state index in [2.05, 4.69) is 9.97 Å². The predicted octanol–water partition coefficient (Wildman–Crippen LogP) is 3.43. The molecule has 2 rings (SSSR count). The quantitative estimate of drug-likeness (QED) is 0.794. The van der Waals surface area contributed by atoms with Crippen LogP contribution >= 0.6 is 23.4 Å². The number of benzene rings is 1. The first-order valence-electron chi connectivity index (χ1n) is 5.02. The number of thioether (sulfide) groups is 1. The monoisotopic (exact) mass is 266 g/mol. The summed E-state index contributed by atoms with van der Waals surface area (Å²) in [5, 5.41) is 0.413. The molecule has 0 saturated carbocycles. The molecule has 0 radical (unpaired) electrons. The van der Waals surface area contributed by atoms with Crippen molar-refractivity contribution in [1.82, 2.24) is 9.97 Å². The Morgan fingerprint density at radius 3 is 2.76 bits per heavy atom. The van der Waals surface area contributed by atoms with Crippen molar-refractivity contribution in [1.29, 1.82) is 0 Å². The Bertz CT molecular complexity index is 490. The molecule has 0 N–H and O–H groups in total. The molecule has 2 aromatic rings. The number of hydrogen-bond donors (Lipinski definition) is 0. The number of hydrogen-bond acceptors (Lipinski definition) is 4. The van der Waals surface area contributed by atoms with E-state index in [4.69, 9.17) is 16.3 Å². The largest absolute Gasteiger partial charge is 0.496 e. The molecule has 88 valence electrons. The molecule has 0 bridgehead atoms. The zero-order valence-corrected chi connectivity index (χ0v) is 10.8. The smallest absolute Gasteiger partial charge is 0.147 e. The average Bonchev–Trinajstić information content (AvgIpc) is 2.38. The van der Waals surface area contributed by atoms with E-state index < -0.39 is 0 Å². The van der Waals surface area contributed by atoms with E-state index >= 15 is 0 Å². The third-order valence-corrected chi connectivity index (χ3v) is 3.40. The number of nitrogens with zero attached hydrogens (tertiary/aromatic N) is 2. The van der Waals surface area contributed by atoms with Crippen molar-refractivity contribution in [3.05, 3.63) is 47.5 Å². The fraction of sp³-hybridized carbons (Fsp3) is 0.167. The molecule has 0 aliphatic heterocycles. The highest BCUT2D eigenvalue weighted by molar-refractivity contribution is 7.98. The van der Waals surface area contributed by atoms with Crippen LogP contribution in [0.2, 0.25) is 5.15 Å². The Kier molecular flexibility index (Phi) is 4.23. The first-order chi connectivity index (χ1) is 8.29. The number of aromatic nitrogens is 2. The van der Waals surface area contributed by atoms with Crippen molar-refractivity contribution in [2.75, 3.05) is 7.11 Å². The van der Waals surface area contributed by atoms with Gasteiger partial charge in [-0.1, -0.05) is 23.7 Å². The van der Waals surface area contributed by atoms with Crippen molar-refractivity contribution in [3.63, 3.8) is 0 Å². The third-order valence-electron chi connectivity index (χ3n) is 2.12. The molecular formula is C12H11ClN2OS. The zero-order chi connectivity index (χ0) is 12.1. The average molecular weight is 267 g/mol. The molecule has 0 unspecified atom stereocenters. The summed E-state index contributed by atoms with van der Waals surface area (Å²) >= 11 is 7.34. The topological polar surface area (TPSA) is 35.0 Å². The van der Waals surface area contributed by atoms with E-state index in [1.165, 1.54) is 0 Å². The van der Waals surface area contributed by atoms with Crippen LogP contribution in [0, 0.1) is 0 Å². The van der Waals surface area contributed by atoms with Crippen molar-refractivity contribution in [2.45, 2.75) is 10.6 Å². The molecule has 5 heteroatoms. The minimum Gasteiger partial charge on any atom is -0.496 e. The molecular weight excluding hydrogens is 256 g/mol. The van der Waals surface area contributed by atoms with E-state index in [1.54, 1.807) is 31.3 Å². The zero-order valence-electron chi connectivity index (χ0n) is 9.26. The Labute approximate surface area is 109 Å². The minimum atomic E-state index is 0.413. The van der Waals surface area contributed by atoms with Crippen LogP contribution in [0.5, 0.6) is 5.75 Å². The van der Waals surface area contributed by atoms with E-state index in [9.17, 15) is 0 Å². The summed E-state index contributed by atoms with van der Waals surface area (Å²) in [5.41, 5.74) is 0.894. The highest BCUT2D eigenvalue weighted by Crippen LogP contribution is 2.30. The number of halogens is 1. The maximum absolute atomic E-state index is 5.68. The maximum Gasteiger partial charge on any atom is 0.147 e. The summed E-state index contributed by atoms with van der Waals surface area (Å²) in [6.07, 6.45) is 3.24. The number of rotatable bonds is 4. The van der Waals surface area contributed by atoms with Crippen LogP contribution < -0.4 is 4.74 Å². The molecule has 0 aliphatic carbocycles. The minimum absolute atomic E-state index is 0.413. The maximum atomic E-state index is 5.68. The Morgan fingerprint density at radius 2 is 2.06 bits per heavy atom. The van der Waals surface area contributed by atoms with Crippen LogP contribution in [0.3, 0.4) is 0 Å². The van der Waals surface area contributed by atoms with Crippen molar-refractivity contribution >= 4 is 23.4 Å². The first kappa shape index (κ1) is 12.2. The lowest BCUT2D eigenvalue weighted by Gasteiger charge is -2.06. The second-order valence-corrected chi connectivity index (χ2v) is 4.67. The molecule has 0 saturated heterocycles. The van der Waals surface area contributed by atoms with Crippen LogP contribution in [0.25, 0.3) is 0 Å². The molecule has 0 fully saturated rings. The molecule has 1 aromatic carbocycles. The summed E-state index contributed by atoms with van der Waals surface area (Å²) in [7, 11) is 1.67. The van der Waals surface area contributed by atoms with Gasteiger partial charge in [-0.25, -0.2) is 4.98 Å². The Hall–Kier alpha value is -1.26. The molecule has 0 amide bonds. The summed E-state index contributed by atoms with van der Waals surface area (Å²) < 4.78 is 5.27. The lowest BCUT2D eigenvalue weighted by atomic mass is 10.3. The van der Waals surface area contributed by atoms with Crippen molar-refractivity contribution in [2.24, 2.45) is 0 Å². The highest BCUT2D eigenvalue weighted by atomic mass is 35.5. The van der Waals surface area contributed by atoms with Crippen molar-refractivity contribution < 1.29 is 4.74 Å². The summed E-state index contributed by atoms with van der Waals surface area (Å²) in [6, 6.07) is 7.89. The standard InChI is InChI=1S/C12H11ClN2OS/c1-16-10-4-2-3-5-11(10)17-8-9-6-15-12(13)7-14-9/h2-7H,8H2,1H3. The number of para-hydroxylation sites is 1. The summed E-state index contributed by atoms with van der Waals surface area (Å²) in [4.78, 5) is 9.27. The van der Waals surface area contributed by atoms with Gasteiger partial charge >= 0.3 is 0 Å². The highest BCUT2D eigenvalue weighted by Gasteiger charge is 2.03. The van der Waals surface area contributed by atoms with Crippen LogP contribution in [0.1, 0.15) is 5.69 Å². The van der Waals surface area contributed by atoms with Crippen LogP contribution in [0.15, 0.2) is 41.6 Å². The van der Waals surface area contributed by atoms with Crippen LogP contribution in [-0.2, 0) is 5.75 Å². The summed E-state index contributed by atoms with van der Waals surface area (Å²) in [5.74, 6) is 1.62. The fourth-order valence-corrected chi connectivity index (χ4v) is 2.32. The normalized spacial score (nSPS) is 10.2. The van der Waals surface area contributed by atoms with Gasteiger partial charge in [0.15, 0.2) is 0 Å². The molecule has 1 aromatic heterocycles. The lowest BCUT2D eigenvalue weighted by molar-refractivity contribution is 0.405. The van der Waals surface area contributed by atoms with Gasteiger partial charge in [0.2, 0.25) is 0 Å². The molecule has 1 heterocycles. The number of methoxy groups -OCH3 is 1. The SMILES string of the molecule is COc1ccccc1SCc1cnc(Cl)cn1. The number of ether oxygens (including phenoxy) is 1. The second-order valence-electron chi connectivity index (χ2n) is 3.27. The van der Waals surface area contributed by atoms with Crippen molar-refractivity contribution in [3.8, 4) is 5.75 Å². The first-order valence-corrected chi connectivity index (χ1v) is 6.38. The van der Waals surface area contributed by atoms with E-state index in [0.29, 0.717) is 5.15 Å². The molecule has 3 nitrogen and oxygen atoms in total. The van der Waals surface area contributed by atoms with Crippen LogP contribution in [0.4, 0.5) is 0 Å². The van der Waals surface area contributed by atoms with E-state index in [0.717, 1.165) is 22.1 Å². The summed E-state index contributed by atoms with van der Waals surface area (Å²) in [6.45, 7) is 0. The van der Waals surface area contributed by atoms with Gasteiger partial charge in [0.05, 0.1) is 25.2 Å². The van der Waals surface area contributed by atoms with Gasteiger partial charge in [0, 0.05) is 10.6 Å². The molecule has 0 aliphatic rings. The van der Waals surface area contributed by atoms with Gasteiger partial charge in [-0.15, -0.1) is 11.8 Å². The van der Waals surface area contributed by atoms with Gasteiger partial charge in [0.1, 0.15) is 10.9 Å². The Morgan fingerprint density at radius 1 is 1.24 bits per heavy atom. The van der Waals surface area contributed by atoms with Crippen LogP contribution in [-0.4, -0.2) is 17.1 Å². The fourth-order valence-electron chi connectivity index (χ4n) is 1.30. The van der Waals surface area contributed by atoms with Gasteiger partial charge in [-0.05, 0) is 12.1 Å². The van der Waals surface area contributed by atoms with E-state index in [-0.39, 0.29) is 0 Å². The third kappa shape index (κ3) is 3.35. The van der Waals surface area contributed by atoms with Gasteiger partial charge in [-0.3, -0.25) is 4.98 Å². The van der Waals surface area contributed by atoms with Gasteiger partial charge < -0.3 is 4.74 Å². The predicted molar refractivity (Wildman–Crippen MR) is 69.6 cm³/mol. The lowest BCUT2D eigenvalue weighted by Crippen LogP contribution is -1.90.